The molecule has 2 aliphatic heterocycles. The summed E-state index contributed by atoms with van der Waals surface area (Å²) < 4.78 is 10.4. The zero-order valence-electron chi connectivity index (χ0n) is 13.7. The van der Waals surface area contributed by atoms with Crippen molar-refractivity contribution in [2.75, 3.05) is 19.7 Å². The maximum Gasteiger partial charge on any atom is 0.341 e. The highest BCUT2D eigenvalue weighted by molar-refractivity contribution is 5.80. The predicted octanol–water partition coefficient (Wildman–Crippen LogP) is 1.11. The summed E-state index contributed by atoms with van der Waals surface area (Å²) >= 11 is 0. The minimum Gasteiger partial charge on any atom is -0.463 e. The second-order valence-electron chi connectivity index (χ2n) is 6.53. The average Bonchev–Trinajstić information content (AvgIpc) is 3.07. The Bertz CT molecular complexity index is 423. The Morgan fingerprint density at radius 2 is 2.09 bits per heavy atom. The SMILES string of the molecule is CCC(=O)OC(C)C(C)(O)C(=O)OC[C@@H]1CCN2CCC[C@@H]12. The number of hydrogen-bond donors (Lipinski definition) is 1. The third kappa shape index (κ3) is 3.60. The van der Waals surface area contributed by atoms with Crippen LogP contribution in [0.5, 0.6) is 0 Å². The van der Waals surface area contributed by atoms with Gasteiger partial charge >= 0.3 is 11.9 Å². The first kappa shape index (κ1) is 17.2. The molecule has 4 atom stereocenters. The van der Waals surface area contributed by atoms with Gasteiger partial charge in [-0.3, -0.25) is 9.69 Å². The van der Waals surface area contributed by atoms with Crippen LogP contribution >= 0.6 is 0 Å². The Hall–Kier alpha value is -1.14. The van der Waals surface area contributed by atoms with Gasteiger partial charge in [0, 0.05) is 18.4 Å². The molecule has 126 valence electrons. The Morgan fingerprint density at radius 1 is 1.36 bits per heavy atom. The molecule has 0 amide bonds. The lowest BCUT2D eigenvalue weighted by Crippen LogP contribution is -2.49. The van der Waals surface area contributed by atoms with E-state index in [0.717, 1.165) is 25.9 Å². The zero-order valence-corrected chi connectivity index (χ0v) is 13.7. The minimum atomic E-state index is -1.82. The van der Waals surface area contributed by atoms with E-state index in [2.05, 4.69) is 4.90 Å². The highest BCUT2D eigenvalue weighted by atomic mass is 16.6. The fourth-order valence-electron chi connectivity index (χ4n) is 3.27. The van der Waals surface area contributed by atoms with E-state index in [9.17, 15) is 14.7 Å². The fourth-order valence-corrected chi connectivity index (χ4v) is 3.27. The van der Waals surface area contributed by atoms with Crippen molar-refractivity contribution in [3.8, 4) is 0 Å². The second kappa shape index (κ2) is 6.96. The van der Waals surface area contributed by atoms with Gasteiger partial charge in [-0.25, -0.2) is 4.79 Å². The van der Waals surface area contributed by atoms with E-state index in [1.807, 2.05) is 0 Å². The van der Waals surface area contributed by atoms with Gasteiger partial charge in [-0.1, -0.05) is 6.92 Å². The maximum absolute atomic E-state index is 12.1. The molecule has 0 bridgehead atoms. The largest absolute Gasteiger partial charge is 0.463 e. The first-order chi connectivity index (χ1) is 10.4. The number of esters is 2. The van der Waals surface area contributed by atoms with Crippen LogP contribution in [0.2, 0.25) is 0 Å². The summed E-state index contributed by atoms with van der Waals surface area (Å²) in [5.41, 5.74) is -1.82. The lowest BCUT2D eigenvalue weighted by Gasteiger charge is -2.28. The second-order valence-corrected chi connectivity index (χ2v) is 6.53. The fraction of sp³-hybridized carbons (Fsp3) is 0.875. The molecule has 0 aliphatic carbocycles. The van der Waals surface area contributed by atoms with Crippen LogP contribution in [0.4, 0.5) is 0 Å². The van der Waals surface area contributed by atoms with Gasteiger partial charge < -0.3 is 14.6 Å². The van der Waals surface area contributed by atoms with Crippen molar-refractivity contribution in [3.63, 3.8) is 0 Å². The van der Waals surface area contributed by atoms with Crippen LogP contribution in [0, 0.1) is 5.92 Å². The summed E-state index contributed by atoms with van der Waals surface area (Å²) in [5.74, 6) is -0.825. The molecule has 0 aromatic heterocycles. The van der Waals surface area contributed by atoms with Crippen LogP contribution in [0.3, 0.4) is 0 Å². The van der Waals surface area contributed by atoms with Crippen molar-refractivity contribution in [1.29, 1.82) is 0 Å². The Kier molecular flexibility index (Phi) is 5.45. The van der Waals surface area contributed by atoms with E-state index in [1.54, 1.807) is 6.92 Å². The van der Waals surface area contributed by atoms with E-state index in [4.69, 9.17) is 9.47 Å². The van der Waals surface area contributed by atoms with Crippen LogP contribution in [0.25, 0.3) is 0 Å². The van der Waals surface area contributed by atoms with Crippen LogP contribution in [0.15, 0.2) is 0 Å². The van der Waals surface area contributed by atoms with Crippen molar-refractivity contribution < 1.29 is 24.2 Å². The quantitative estimate of drug-likeness (QED) is 0.740. The van der Waals surface area contributed by atoms with Gasteiger partial charge in [0.25, 0.3) is 0 Å². The predicted molar refractivity (Wildman–Crippen MR) is 80.1 cm³/mol. The molecule has 22 heavy (non-hydrogen) atoms. The normalized spacial score (nSPS) is 28.7. The number of fused-ring (bicyclic) bond motifs is 1. The van der Waals surface area contributed by atoms with Crippen LogP contribution in [-0.2, 0) is 19.1 Å². The molecular formula is C16H27NO5. The number of hydrogen-bond acceptors (Lipinski definition) is 6. The lowest BCUT2D eigenvalue weighted by atomic mass is 9.98. The zero-order chi connectivity index (χ0) is 16.3. The van der Waals surface area contributed by atoms with E-state index in [0.29, 0.717) is 18.6 Å². The molecule has 6 heteroatoms. The maximum atomic E-state index is 12.1. The molecule has 0 radical (unpaired) electrons. The standard InChI is InChI=1S/C16H27NO5/c1-4-14(18)22-11(2)16(3,20)15(19)21-10-12-7-9-17-8-5-6-13(12)17/h11-13,20H,4-10H2,1-3H3/t11?,12-,13-,16?/m0/s1. The Balaban J connectivity index is 1.84. The topological polar surface area (TPSA) is 76.1 Å². The molecule has 2 aliphatic rings. The summed E-state index contributed by atoms with van der Waals surface area (Å²) in [4.78, 5) is 25.9. The van der Waals surface area contributed by atoms with Gasteiger partial charge in [-0.2, -0.15) is 0 Å². The third-order valence-corrected chi connectivity index (χ3v) is 4.98. The van der Waals surface area contributed by atoms with Gasteiger partial charge in [0.2, 0.25) is 0 Å². The summed E-state index contributed by atoms with van der Waals surface area (Å²) in [5, 5.41) is 10.3. The van der Waals surface area contributed by atoms with Crippen molar-refractivity contribution in [3.05, 3.63) is 0 Å². The van der Waals surface area contributed by atoms with E-state index in [-0.39, 0.29) is 6.42 Å². The molecule has 2 rings (SSSR count). The summed E-state index contributed by atoms with van der Waals surface area (Å²) in [6.45, 7) is 7.02. The van der Waals surface area contributed by atoms with Crippen LogP contribution < -0.4 is 0 Å². The highest BCUT2D eigenvalue weighted by Crippen LogP contribution is 2.33. The molecule has 0 aromatic carbocycles. The molecule has 2 heterocycles. The van der Waals surface area contributed by atoms with Crippen molar-refractivity contribution >= 4 is 11.9 Å². The monoisotopic (exact) mass is 313 g/mol. The molecule has 6 nitrogen and oxygen atoms in total. The summed E-state index contributed by atoms with van der Waals surface area (Å²) in [6.07, 6.45) is 2.66. The third-order valence-electron chi connectivity index (χ3n) is 4.98. The van der Waals surface area contributed by atoms with Crippen molar-refractivity contribution in [1.82, 2.24) is 4.90 Å². The van der Waals surface area contributed by atoms with Gasteiger partial charge in [0.05, 0.1) is 6.61 Å². The first-order valence-corrected chi connectivity index (χ1v) is 8.19. The Morgan fingerprint density at radius 3 is 2.77 bits per heavy atom. The molecule has 0 aromatic rings. The molecule has 0 saturated carbocycles. The summed E-state index contributed by atoms with van der Waals surface area (Å²) in [6, 6.07) is 0.507. The number of rotatable bonds is 6. The Labute approximate surface area is 131 Å². The smallest absolute Gasteiger partial charge is 0.341 e. The van der Waals surface area contributed by atoms with Gasteiger partial charge in [0.15, 0.2) is 5.60 Å². The number of carbonyl (C=O) groups is 2. The minimum absolute atomic E-state index is 0.203. The molecule has 0 spiro atoms. The first-order valence-electron chi connectivity index (χ1n) is 8.19. The molecular weight excluding hydrogens is 286 g/mol. The number of carbonyl (C=O) groups excluding carboxylic acids is 2. The van der Waals surface area contributed by atoms with Gasteiger partial charge in [0.1, 0.15) is 6.10 Å². The van der Waals surface area contributed by atoms with Crippen molar-refractivity contribution in [2.45, 2.75) is 64.2 Å². The van der Waals surface area contributed by atoms with E-state index >= 15 is 0 Å². The highest BCUT2D eigenvalue weighted by Gasteiger charge is 2.43. The number of nitrogens with zero attached hydrogens (tertiary/aromatic N) is 1. The van der Waals surface area contributed by atoms with Gasteiger partial charge in [-0.05, 0) is 46.2 Å². The van der Waals surface area contributed by atoms with Crippen LogP contribution in [0.1, 0.15) is 46.5 Å². The van der Waals surface area contributed by atoms with E-state index in [1.165, 1.54) is 20.3 Å². The molecule has 2 unspecified atom stereocenters. The molecule has 1 N–H and O–H groups in total. The van der Waals surface area contributed by atoms with E-state index < -0.39 is 23.6 Å². The number of ether oxygens (including phenoxy) is 2. The van der Waals surface area contributed by atoms with Crippen molar-refractivity contribution in [2.24, 2.45) is 5.92 Å². The van der Waals surface area contributed by atoms with Gasteiger partial charge in [-0.15, -0.1) is 0 Å². The molecule has 2 fully saturated rings. The molecule has 2 saturated heterocycles. The number of aliphatic hydroxyl groups is 1. The summed E-state index contributed by atoms with van der Waals surface area (Å²) in [7, 11) is 0. The average molecular weight is 313 g/mol. The van der Waals surface area contributed by atoms with Crippen LogP contribution in [-0.4, -0.2) is 59.4 Å². The lowest BCUT2D eigenvalue weighted by molar-refractivity contribution is -0.184.